The van der Waals surface area contributed by atoms with Crippen LogP contribution in [0.5, 0.6) is 0 Å². The van der Waals surface area contributed by atoms with Crippen LogP contribution in [0.1, 0.15) is 0 Å². The fourth-order valence-electron chi connectivity index (χ4n) is 1.03. The van der Waals surface area contributed by atoms with Gasteiger partial charge in [0.05, 0.1) is 11.4 Å². The lowest BCUT2D eigenvalue weighted by molar-refractivity contribution is 0.482. The van der Waals surface area contributed by atoms with Gasteiger partial charge in [0.25, 0.3) is 5.78 Å². The van der Waals surface area contributed by atoms with Crippen molar-refractivity contribution in [1.82, 2.24) is 4.72 Å². The number of nitrogens with one attached hydrogen (secondary N) is 1. The molecule has 1 rings (SSSR count). The molecule has 8 heteroatoms. The first-order valence-electron chi connectivity index (χ1n) is 4.40. The van der Waals surface area contributed by atoms with Crippen molar-refractivity contribution in [2.45, 2.75) is 10.7 Å². The van der Waals surface area contributed by atoms with Crippen molar-refractivity contribution >= 4 is 18.1 Å². The third kappa shape index (κ3) is 3.33. The van der Waals surface area contributed by atoms with E-state index in [0.717, 1.165) is 0 Å². The molecule has 2 atom stereocenters. The number of nitrogens with two attached hydrogens (primary N) is 1. The smallest absolute Gasteiger partial charge is 0.325 e. The average molecular weight is 263 g/mol. The minimum Gasteiger partial charge on any atom is -0.325 e. The van der Waals surface area contributed by atoms with Crippen LogP contribution in [0, 0.1) is 0 Å². The zero-order valence-electron chi connectivity index (χ0n) is 8.28. The molecule has 0 aromatic heterocycles. The quantitative estimate of drug-likeness (QED) is 0.647. The van der Waals surface area contributed by atoms with Crippen molar-refractivity contribution in [3.63, 3.8) is 0 Å². The molecule has 4 N–H and O–H groups in total. The van der Waals surface area contributed by atoms with Crippen LogP contribution in [-0.2, 0) is 14.6 Å². The number of rotatable bonds is 5. The van der Waals surface area contributed by atoms with Crippen molar-refractivity contribution in [1.29, 1.82) is 0 Å². The van der Waals surface area contributed by atoms with E-state index < -0.39 is 23.8 Å². The molecule has 0 bridgehead atoms. The van der Waals surface area contributed by atoms with Crippen LogP contribution in [0.3, 0.4) is 0 Å². The minimum atomic E-state index is -3.79. The predicted molar refractivity (Wildman–Crippen MR) is 59.4 cm³/mol. The maximum Gasteiger partial charge on any atom is 0.527 e. The highest BCUT2D eigenvalue weighted by Gasteiger charge is 2.32. The van der Waals surface area contributed by atoms with Gasteiger partial charge in [-0.3, -0.25) is 0 Å². The largest absolute Gasteiger partial charge is 0.527 e. The van der Waals surface area contributed by atoms with Crippen LogP contribution in [0.25, 0.3) is 0 Å². The second kappa shape index (κ2) is 5.47. The lowest BCUT2D eigenvalue weighted by Gasteiger charge is -2.06. The highest BCUT2D eigenvalue weighted by atomic mass is 32.2. The van der Waals surface area contributed by atoms with Crippen LogP contribution in [-0.4, -0.2) is 25.6 Å². The summed E-state index contributed by atoms with van der Waals surface area (Å²) < 4.78 is 36.3. The summed E-state index contributed by atoms with van der Waals surface area (Å²) in [5.74, 6) is -1.17. The summed E-state index contributed by atoms with van der Waals surface area (Å²) in [6, 6.07) is 7.57. The molecular formula is C8H12N2O4PS+. The molecule has 6 nitrogen and oxygen atoms in total. The molecule has 0 fully saturated rings. The Morgan fingerprint density at radius 3 is 2.38 bits per heavy atom. The van der Waals surface area contributed by atoms with Gasteiger partial charge in [-0.1, -0.05) is 18.2 Å². The molecule has 88 valence electrons. The Morgan fingerprint density at radius 1 is 1.38 bits per heavy atom. The van der Waals surface area contributed by atoms with E-state index >= 15 is 0 Å². The van der Waals surface area contributed by atoms with Gasteiger partial charge in [-0.05, 0) is 16.7 Å². The third-order valence-corrected chi connectivity index (χ3v) is 4.37. The van der Waals surface area contributed by atoms with Crippen molar-refractivity contribution in [2.75, 3.05) is 6.54 Å². The highest BCUT2D eigenvalue weighted by Crippen LogP contribution is 2.21. The molecule has 0 aliphatic heterocycles. The number of hydrogen-bond donors (Lipinski definition) is 3. The van der Waals surface area contributed by atoms with E-state index in [4.69, 9.17) is 10.6 Å². The molecule has 0 amide bonds. The normalized spacial score (nSPS) is 14.5. The Hall–Kier alpha value is -0.850. The van der Waals surface area contributed by atoms with E-state index in [1.165, 1.54) is 12.1 Å². The topological polar surface area (TPSA) is 109 Å². The molecule has 0 radical (unpaired) electrons. The lowest BCUT2D eigenvalue weighted by atomic mass is 10.4. The second-order valence-corrected chi connectivity index (χ2v) is 5.93. The van der Waals surface area contributed by atoms with Crippen molar-refractivity contribution in [3.05, 3.63) is 30.3 Å². The molecule has 16 heavy (non-hydrogen) atoms. The van der Waals surface area contributed by atoms with Gasteiger partial charge in [0.2, 0.25) is 10.0 Å². The number of sulfonamides is 1. The zero-order valence-corrected chi connectivity index (χ0v) is 9.99. The predicted octanol–water partition coefficient (Wildman–Crippen LogP) is -0.0156. The first-order valence-corrected chi connectivity index (χ1v) is 7.16. The fraction of sp³-hybridized carbons (Fsp3) is 0.250. The Labute approximate surface area is 94.4 Å². The van der Waals surface area contributed by atoms with Gasteiger partial charge in [-0.25, -0.2) is 8.42 Å². The zero-order chi connectivity index (χ0) is 12.2. The summed E-state index contributed by atoms with van der Waals surface area (Å²) in [6.45, 7) is -0.238. The molecular weight excluding hydrogens is 251 g/mol. The summed E-state index contributed by atoms with van der Waals surface area (Å²) in [6.07, 6.45) is 0. The van der Waals surface area contributed by atoms with Crippen LogP contribution >= 0.6 is 8.03 Å². The summed E-state index contributed by atoms with van der Waals surface area (Å²) >= 11 is 0. The molecule has 0 saturated carbocycles. The van der Waals surface area contributed by atoms with Crippen LogP contribution in [0.2, 0.25) is 0 Å². The van der Waals surface area contributed by atoms with Crippen LogP contribution in [0.15, 0.2) is 35.2 Å². The summed E-state index contributed by atoms with van der Waals surface area (Å²) in [5.41, 5.74) is 5.19. The molecule has 1 aromatic carbocycles. The summed E-state index contributed by atoms with van der Waals surface area (Å²) in [4.78, 5) is 8.86. The van der Waals surface area contributed by atoms with Crippen molar-refractivity contribution < 1.29 is 17.9 Å². The van der Waals surface area contributed by atoms with Gasteiger partial charge in [-0.15, -0.1) is 0 Å². The van der Waals surface area contributed by atoms with Gasteiger partial charge in [0, 0.05) is 0 Å². The molecule has 1 aromatic rings. The molecule has 0 aliphatic rings. The standard InChI is InChI=1S/C8H11N2O4PS/c9-6-8(15(11)12)10-16(13,14)7-4-2-1-3-5-7/h1-5,8,10H,6,9H2/p+1. The van der Waals surface area contributed by atoms with E-state index in [2.05, 4.69) is 4.72 Å². The van der Waals surface area contributed by atoms with Gasteiger partial charge in [0.15, 0.2) is 0 Å². The highest BCUT2D eigenvalue weighted by molar-refractivity contribution is 7.89. The molecule has 0 aliphatic carbocycles. The Kier molecular flexibility index (Phi) is 4.52. The molecule has 0 saturated heterocycles. The summed E-state index contributed by atoms with van der Waals surface area (Å²) in [5, 5.41) is 0. The molecule has 0 heterocycles. The van der Waals surface area contributed by atoms with Crippen LogP contribution < -0.4 is 10.5 Å². The first kappa shape index (κ1) is 13.2. The second-order valence-electron chi connectivity index (χ2n) is 2.99. The molecule has 0 spiro atoms. The number of hydrogen-bond acceptors (Lipinski definition) is 4. The van der Waals surface area contributed by atoms with Gasteiger partial charge in [-0.2, -0.15) is 9.62 Å². The van der Waals surface area contributed by atoms with Gasteiger partial charge < -0.3 is 5.73 Å². The van der Waals surface area contributed by atoms with Crippen molar-refractivity contribution in [2.24, 2.45) is 5.73 Å². The van der Waals surface area contributed by atoms with Gasteiger partial charge >= 0.3 is 8.03 Å². The van der Waals surface area contributed by atoms with E-state index in [0.29, 0.717) is 0 Å². The monoisotopic (exact) mass is 263 g/mol. The number of benzene rings is 1. The van der Waals surface area contributed by atoms with E-state index in [1.54, 1.807) is 18.2 Å². The Morgan fingerprint density at radius 2 is 1.94 bits per heavy atom. The SMILES string of the molecule is NCC(NS(=O)(=O)c1ccccc1)[P+](=O)O. The van der Waals surface area contributed by atoms with Gasteiger partial charge in [0.1, 0.15) is 0 Å². The average Bonchev–Trinajstić information content (AvgIpc) is 2.27. The molecule has 2 unspecified atom stereocenters. The Bertz CT molecular complexity index is 462. The van der Waals surface area contributed by atoms with E-state index in [-0.39, 0.29) is 11.4 Å². The summed E-state index contributed by atoms with van der Waals surface area (Å²) in [7, 11) is -6.47. The van der Waals surface area contributed by atoms with Crippen molar-refractivity contribution in [3.8, 4) is 0 Å². The lowest BCUT2D eigenvalue weighted by Crippen LogP contribution is -2.37. The minimum absolute atomic E-state index is 0.0327. The fourth-order valence-corrected chi connectivity index (χ4v) is 3.09. The Balaban J connectivity index is 2.92. The van der Waals surface area contributed by atoms with Crippen LogP contribution in [0.4, 0.5) is 0 Å². The maximum absolute atomic E-state index is 11.7. The van der Waals surface area contributed by atoms with E-state index in [9.17, 15) is 13.0 Å². The first-order chi connectivity index (χ1) is 7.47. The third-order valence-electron chi connectivity index (χ3n) is 1.83. The maximum atomic E-state index is 11.7. The van der Waals surface area contributed by atoms with E-state index in [1.807, 2.05) is 0 Å².